The minimum Gasteiger partial charge on any atom is -0.454 e. The number of benzene rings is 2. The molecule has 0 saturated heterocycles. The van der Waals surface area contributed by atoms with Gasteiger partial charge in [-0.1, -0.05) is 12.1 Å². The molecule has 7 heteroatoms. The first kappa shape index (κ1) is 13.6. The molecule has 2 heterocycles. The molecule has 0 spiro atoms. The lowest BCUT2D eigenvalue weighted by Gasteiger charge is -2.15. The van der Waals surface area contributed by atoms with Gasteiger partial charge in [0.1, 0.15) is 0 Å². The Morgan fingerprint density at radius 1 is 1.22 bits per heavy atom. The summed E-state index contributed by atoms with van der Waals surface area (Å²) in [4.78, 5) is 24.6. The third-order valence-corrected chi connectivity index (χ3v) is 4.00. The van der Waals surface area contributed by atoms with Gasteiger partial charge < -0.3 is 14.4 Å². The fourth-order valence-corrected chi connectivity index (χ4v) is 2.94. The number of hydrogen-bond acceptors (Lipinski definition) is 5. The number of ether oxygens (including phenoxy) is 2. The normalized spacial score (nSPS) is 15.0. The predicted octanol–water partition coefficient (Wildman–Crippen LogP) is 2.48. The van der Waals surface area contributed by atoms with Crippen molar-refractivity contribution in [2.24, 2.45) is 0 Å². The van der Waals surface area contributed by atoms with Crippen LogP contribution in [0.2, 0.25) is 0 Å². The van der Waals surface area contributed by atoms with Crippen molar-refractivity contribution in [1.82, 2.24) is 4.90 Å². The van der Waals surface area contributed by atoms with Gasteiger partial charge in [0.15, 0.2) is 11.5 Å². The van der Waals surface area contributed by atoms with Crippen molar-refractivity contribution >= 4 is 11.6 Å². The van der Waals surface area contributed by atoms with Crippen LogP contribution >= 0.6 is 0 Å². The van der Waals surface area contributed by atoms with Gasteiger partial charge in [-0.25, -0.2) is 0 Å². The second-order valence-corrected chi connectivity index (χ2v) is 5.41. The van der Waals surface area contributed by atoms with Gasteiger partial charge in [0.2, 0.25) is 6.79 Å². The Morgan fingerprint density at radius 2 is 2.09 bits per heavy atom. The molecule has 7 nitrogen and oxygen atoms in total. The first-order valence-corrected chi connectivity index (χ1v) is 7.07. The number of carbonyl (C=O) groups excluding carboxylic acids is 1. The zero-order valence-electron chi connectivity index (χ0n) is 12.0. The van der Waals surface area contributed by atoms with Crippen molar-refractivity contribution in [3.63, 3.8) is 0 Å². The fourth-order valence-electron chi connectivity index (χ4n) is 2.94. The van der Waals surface area contributed by atoms with E-state index in [2.05, 4.69) is 0 Å². The summed E-state index contributed by atoms with van der Waals surface area (Å²) in [7, 11) is 0. The molecule has 0 fully saturated rings. The zero-order chi connectivity index (χ0) is 16.0. The fraction of sp³-hybridized carbons (Fsp3) is 0.188. The molecule has 0 atom stereocenters. The van der Waals surface area contributed by atoms with Crippen LogP contribution in [0.15, 0.2) is 36.4 Å². The number of carbonyl (C=O) groups is 1. The van der Waals surface area contributed by atoms with E-state index in [0.717, 1.165) is 5.56 Å². The highest BCUT2D eigenvalue weighted by Crippen LogP contribution is 2.41. The van der Waals surface area contributed by atoms with E-state index in [-0.39, 0.29) is 18.4 Å². The maximum atomic E-state index is 12.5. The lowest BCUT2D eigenvalue weighted by molar-refractivity contribution is -0.384. The van der Waals surface area contributed by atoms with Crippen LogP contribution in [-0.2, 0) is 13.1 Å². The highest BCUT2D eigenvalue weighted by Gasteiger charge is 2.33. The molecular weight excluding hydrogens is 300 g/mol. The highest BCUT2D eigenvalue weighted by molar-refractivity contribution is 5.99. The molecule has 0 saturated carbocycles. The molecule has 0 unspecified atom stereocenters. The summed E-state index contributed by atoms with van der Waals surface area (Å²) in [5.74, 6) is 1.16. The largest absolute Gasteiger partial charge is 0.454 e. The van der Waals surface area contributed by atoms with E-state index in [9.17, 15) is 14.9 Å². The Kier molecular flexibility index (Phi) is 2.94. The minimum absolute atomic E-state index is 0.0179. The Labute approximate surface area is 131 Å². The topological polar surface area (TPSA) is 81.9 Å². The third-order valence-electron chi connectivity index (χ3n) is 4.00. The summed E-state index contributed by atoms with van der Waals surface area (Å²) in [5, 5.41) is 10.9. The average molecular weight is 312 g/mol. The number of nitro groups is 1. The molecule has 4 rings (SSSR count). The van der Waals surface area contributed by atoms with E-state index in [0.29, 0.717) is 35.7 Å². The van der Waals surface area contributed by atoms with Gasteiger partial charge in [0.25, 0.3) is 11.6 Å². The second-order valence-electron chi connectivity index (χ2n) is 5.41. The van der Waals surface area contributed by atoms with Crippen LogP contribution in [0.25, 0.3) is 0 Å². The third kappa shape index (κ3) is 2.17. The molecule has 2 aliphatic rings. The van der Waals surface area contributed by atoms with Crippen LogP contribution in [0.1, 0.15) is 21.5 Å². The molecule has 1 amide bonds. The maximum absolute atomic E-state index is 12.5. The van der Waals surface area contributed by atoms with Crippen LogP contribution in [-0.4, -0.2) is 22.5 Å². The first-order valence-electron chi connectivity index (χ1n) is 7.07. The van der Waals surface area contributed by atoms with Crippen LogP contribution in [0.4, 0.5) is 5.69 Å². The molecule has 0 aromatic heterocycles. The van der Waals surface area contributed by atoms with Crippen molar-refractivity contribution in [3.05, 3.63) is 63.2 Å². The molecule has 2 aliphatic heterocycles. The summed E-state index contributed by atoms with van der Waals surface area (Å²) in [5.41, 5.74) is 2.15. The molecular formula is C16H12N2O5. The highest BCUT2D eigenvalue weighted by atomic mass is 16.7. The molecule has 0 N–H and O–H groups in total. The van der Waals surface area contributed by atoms with Gasteiger partial charge in [-0.05, 0) is 17.7 Å². The van der Waals surface area contributed by atoms with Crippen LogP contribution < -0.4 is 9.47 Å². The van der Waals surface area contributed by atoms with E-state index in [1.165, 1.54) is 12.1 Å². The molecule has 2 aromatic rings. The zero-order valence-corrected chi connectivity index (χ0v) is 12.0. The van der Waals surface area contributed by atoms with Crippen molar-refractivity contribution in [1.29, 1.82) is 0 Å². The van der Waals surface area contributed by atoms with Crippen molar-refractivity contribution in [2.45, 2.75) is 13.1 Å². The molecule has 0 bridgehead atoms. The maximum Gasteiger partial charge on any atom is 0.269 e. The molecule has 0 aliphatic carbocycles. The molecule has 116 valence electrons. The van der Waals surface area contributed by atoms with Gasteiger partial charge >= 0.3 is 0 Å². The number of non-ortho nitro benzene ring substituents is 1. The number of amides is 1. The van der Waals surface area contributed by atoms with Gasteiger partial charge in [-0.2, -0.15) is 0 Å². The van der Waals surface area contributed by atoms with Gasteiger partial charge in [0, 0.05) is 29.8 Å². The van der Waals surface area contributed by atoms with E-state index < -0.39 is 4.92 Å². The van der Waals surface area contributed by atoms with E-state index in [4.69, 9.17) is 9.47 Å². The standard InChI is InChI=1S/C16H12N2O5/c19-16-12-4-5-14-15(23-9-22-14)13(12)8-17(16)7-10-2-1-3-11(6-10)18(20)21/h1-6H,7-9H2. The van der Waals surface area contributed by atoms with Crippen LogP contribution in [0.3, 0.4) is 0 Å². The van der Waals surface area contributed by atoms with Crippen LogP contribution in [0.5, 0.6) is 11.5 Å². The number of nitro benzene ring substituents is 1. The Balaban J connectivity index is 1.61. The number of nitrogens with zero attached hydrogens (tertiary/aromatic N) is 2. The first-order chi connectivity index (χ1) is 11.1. The summed E-state index contributed by atoms with van der Waals surface area (Å²) in [6.45, 7) is 0.874. The lowest BCUT2D eigenvalue weighted by Crippen LogP contribution is -2.23. The number of fused-ring (bicyclic) bond motifs is 3. The second kappa shape index (κ2) is 4.98. The lowest BCUT2D eigenvalue weighted by atomic mass is 10.1. The van der Waals surface area contributed by atoms with Crippen molar-refractivity contribution < 1.29 is 19.2 Å². The average Bonchev–Trinajstić information content (AvgIpc) is 3.13. The van der Waals surface area contributed by atoms with Crippen LogP contribution in [0, 0.1) is 10.1 Å². The smallest absolute Gasteiger partial charge is 0.269 e. The van der Waals surface area contributed by atoms with Gasteiger partial charge in [0.05, 0.1) is 11.5 Å². The predicted molar refractivity (Wildman–Crippen MR) is 79.2 cm³/mol. The monoisotopic (exact) mass is 312 g/mol. The van der Waals surface area contributed by atoms with E-state index in [1.807, 2.05) is 0 Å². The summed E-state index contributed by atoms with van der Waals surface area (Å²) in [6.07, 6.45) is 0. The van der Waals surface area contributed by atoms with Gasteiger partial charge in [-0.15, -0.1) is 0 Å². The molecule has 23 heavy (non-hydrogen) atoms. The number of rotatable bonds is 3. The van der Waals surface area contributed by atoms with Gasteiger partial charge in [-0.3, -0.25) is 14.9 Å². The Hall–Kier alpha value is -3.09. The van der Waals surface area contributed by atoms with E-state index >= 15 is 0 Å². The summed E-state index contributed by atoms with van der Waals surface area (Å²) >= 11 is 0. The minimum atomic E-state index is -0.442. The van der Waals surface area contributed by atoms with Crippen molar-refractivity contribution in [3.8, 4) is 11.5 Å². The SMILES string of the molecule is O=C1c2ccc3c(c2CN1Cc1cccc([N+](=O)[O-])c1)OCO3. The Bertz CT molecular complexity index is 833. The molecule has 2 aromatic carbocycles. The van der Waals surface area contributed by atoms with E-state index in [1.54, 1.807) is 29.2 Å². The summed E-state index contributed by atoms with van der Waals surface area (Å²) < 4.78 is 10.8. The van der Waals surface area contributed by atoms with Crippen molar-refractivity contribution in [2.75, 3.05) is 6.79 Å². The Morgan fingerprint density at radius 3 is 2.91 bits per heavy atom. The quantitative estimate of drug-likeness (QED) is 0.642. The number of hydrogen-bond donors (Lipinski definition) is 0. The molecule has 0 radical (unpaired) electrons. The summed E-state index contributed by atoms with van der Waals surface area (Å²) in [6, 6.07) is 9.78.